The molecule has 1 atom stereocenters. The molecule has 1 aliphatic heterocycles. The van der Waals surface area contributed by atoms with Gasteiger partial charge < -0.3 is 15.5 Å². The molecule has 2 aliphatic rings. The lowest BCUT2D eigenvalue weighted by atomic mass is 9.95. The molecule has 3 rings (SSSR count). The fourth-order valence-corrected chi connectivity index (χ4v) is 4.10. The Morgan fingerprint density at radius 3 is 2.68 bits per heavy atom. The van der Waals surface area contributed by atoms with Crippen LogP contribution in [0.2, 0.25) is 0 Å². The number of benzene rings is 1. The molecule has 1 aliphatic carbocycles. The standard InChI is InChI=1S/C22H35FN4.HI/c1-4-24-21(25-14-18-8-7-13-27(15-18)17(2)3)26-16-22(11-12-22)19-9-5-6-10-20(19)23;/h5-6,9-10,17-18H,4,7-8,11-16H2,1-3H3,(H2,24,25,26);1H. The fourth-order valence-electron chi connectivity index (χ4n) is 4.10. The number of piperidine rings is 1. The molecule has 28 heavy (non-hydrogen) atoms. The molecule has 1 saturated heterocycles. The summed E-state index contributed by atoms with van der Waals surface area (Å²) in [7, 11) is 0. The molecule has 6 heteroatoms. The molecule has 2 fully saturated rings. The largest absolute Gasteiger partial charge is 0.357 e. The second kappa shape index (κ2) is 10.8. The van der Waals surface area contributed by atoms with E-state index >= 15 is 0 Å². The van der Waals surface area contributed by atoms with Crippen LogP contribution in [0, 0.1) is 11.7 Å². The van der Waals surface area contributed by atoms with Gasteiger partial charge in [-0.05, 0) is 70.5 Å². The molecule has 0 aromatic heterocycles. The van der Waals surface area contributed by atoms with E-state index in [9.17, 15) is 4.39 Å². The molecule has 1 saturated carbocycles. The molecule has 2 N–H and O–H groups in total. The van der Waals surface area contributed by atoms with Crippen molar-refractivity contribution in [3.8, 4) is 0 Å². The van der Waals surface area contributed by atoms with Crippen molar-refractivity contribution in [3.05, 3.63) is 35.6 Å². The van der Waals surface area contributed by atoms with E-state index < -0.39 is 0 Å². The van der Waals surface area contributed by atoms with Gasteiger partial charge in [0.2, 0.25) is 0 Å². The van der Waals surface area contributed by atoms with Crippen LogP contribution in [-0.2, 0) is 5.41 Å². The number of guanidine groups is 1. The van der Waals surface area contributed by atoms with Gasteiger partial charge >= 0.3 is 0 Å². The molecule has 1 unspecified atom stereocenters. The molecule has 0 spiro atoms. The third-order valence-corrected chi connectivity index (χ3v) is 6.02. The summed E-state index contributed by atoms with van der Waals surface area (Å²) in [6.07, 6.45) is 4.58. The van der Waals surface area contributed by atoms with Crippen molar-refractivity contribution < 1.29 is 4.39 Å². The zero-order valence-corrected chi connectivity index (χ0v) is 19.8. The molecular weight excluding hydrogens is 466 g/mol. The first-order chi connectivity index (χ1) is 13.0. The van der Waals surface area contributed by atoms with Gasteiger partial charge in [0.25, 0.3) is 0 Å². The van der Waals surface area contributed by atoms with Crippen molar-refractivity contribution >= 4 is 29.9 Å². The maximum absolute atomic E-state index is 14.2. The highest BCUT2D eigenvalue weighted by Crippen LogP contribution is 2.49. The van der Waals surface area contributed by atoms with Gasteiger partial charge in [-0.25, -0.2) is 4.39 Å². The van der Waals surface area contributed by atoms with Gasteiger partial charge in [0, 0.05) is 31.1 Å². The Balaban J connectivity index is 0.00000280. The first kappa shape index (κ1) is 23.4. The minimum Gasteiger partial charge on any atom is -0.357 e. The van der Waals surface area contributed by atoms with E-state index in [1.54, 1.807) is 12.1 Å². The Kier molecular flexibility index (Phi) is 8.99. The molecule has 4 nitrogen and oxygen atoms in total. The predicted molar refractivity (Wildman–Crippen MR) is 126 cm³/mol. The molecule has 0 radical (unpaired) electrons. The number of halogens is 2. The average molecular weight is 502 g/mol. The number of rotatable bonds is 7. The van der Waals surface area contributed by atoms with Gasteiger partial charge in [-0.15, -0.1) is 24.0 Å². The number of hydrogen-bond acceptors (Lipinski definition) is 2. The topological polar surface area (TPSA) is 39.7 Å². The number of likely N-dealkylation sites (tertiary alicyclic amines) is 1. The van der Waals surface area contributed by atoms with Gasteiger partial charge in [0.05, 0.1) is 6.54 Å². The number of aliphatic imine (C=N–C) groups is 1. The molecule has 0 amide bonds. The summed E-state index contributed by atoms with van der Waals surface area (Å²) in [6, 6.07) is 7.78. The number of hydrogen-bond donors (Lipinski definition) is 2. The van der Waals surface area contributed by atoms with Crippen LogP contribution in [0.15, 0.2) is 29.3 Å². The van der Waals surface area contributed by atoms with Crippen LogP contribution in [0.1, 0.15) is 52.0 Å². The minimum atomic E-state index is -0.104. The van der Waals surface area contributed by atoms with Crippen LogP contribution >= 0.6 is 24.0 Å². The van der Waals surface area contributed by atoms with Gasteiger partial charge in [0.15, 0.2) is 5.96 Å². The Hall–Kier alpha value is -0.890. The monoisotopic (exact) mass is 502 g/mol. The Morgan fingerprint density at radius 1 is 1.29 bits per heavy atom. The van der Waals surface area contributed by atoms with Crippen molar-refractivity contribution in [1.82, 2.24) is 15.5 Å². The van der Waals surface area contributed by atoms with Gasteiger partial charge in [-0.2, -0.15) is 0 Å². The Morgan fingerprint density at radius 2 is 2.04 bits per heavy atom. The lowest BCUT2D eigenvalue weighted by molar-refractivity contribution is 0.141. The number of nitrogens with zero attached hydrogens (tertiary/aromatic N) is 2. The summed E-state index contributed by atoms with van der Waals surface area (Å²) < 4.78 is 14.2. The third-order valence-electron chi connectivity index (χ3n) is 6.02. The van der Waals surface area contributed by atoms with E-state index in [4.69, 9.17) is 4.99 Å². The van der Waals surface area contributed by atoms with Crippen LogP contribution in [-0.4, -0.2) is 49.6 Å². The molecule has 1 aromatic carbocycles. The summed E-state index contributed by atoms with van der Waals surface area (Å²) in [5.74, 6) is 1.42. The van der Waals surface area contributed by atoms with Crippen LogP contribution in [0.5, 0.6) is 0 Å². The maximum Gasteiger partial charge on any atom is 0.191 e. The first-order valence-corrected chi connectivity index (χ1v) is 10.6. The lowest BCUT2D eigenvalue weighted by Crippen LogP contribution is -2.46. The normalized spacial score (nSPS) is 21.9. The van der Waals surface area contributed by atoms with E-state index in [1.165, 1.54) is 19.4 Å². The third kappa shape index (κ3) is 6.05. The summed E-state index contributed by atoms with van der Waals surface area (Å²) >= 11 is 0. The van der Waals surface area contributed by atoms with E-state index in [-0.39, 0.29) is 35.2 Å². The fraction of sp³-hybridized carbons (Fsp3) is 0.682. The highest BCUT2D eigenvalue weighted by molar-refractivity contribution is 14.0. The minimum absolute atomic E-state index is 0. The quantitative estimate of drug-likeness (QED) is 0.335. The van der Waals surface area contributed by atoms with Crippen molar-refractivity contribution in [2.45, 2.75) is 57.9 Å². The second-order valence-corrected chi connectivity index (χ2v) is 8.43. The van der Waals surface area contributed by atoms with Crippen LogP contribution in [0.25, 0.3) is 0 Å². The van der Waals surface area contributed by atoms with Crippen molar-refractivity contribution in [3.63, 3.8) is 0 Å². The van der Waals surface area contributed by atoms with Gasteiger partial charge in [0.1, 0.15) is 5.82 Å². The van der Waals surface area contributed by atoms with Crippen LogP contribution < -0.4 is 10.6 Å². The Labute approximate surface area is 186 Å². The van der Waals surface area contributed by atoms with Crippen molar-refractivity contribution in [2.24, 2.45) is 10.9 Å². The van der Waals surface area contributed by atoms with E-state index in [2.05, 4.69) is 36.3 Å². The summed E-state index contributed by atoms with van der Waals surface area (Å²) in [5, 5.41) is 6.89. The van der Waals surface area contributed by atoms with Gasteiger partial charge in [-0.1, -0.05) is 18.2 Å². The summed E-state index contributed by atoms with van der Waals surface area (Å²) in [5.41, 5.74) is 0.719. The average Bonchev–Trinajstić information content (AvgIpc) is 3.45. The molecule has 158 valence electrons. The smallest absolute Gasteiger partial charge is 0.191 e. The number of nitrogens with one attached hydrogen (secondary N) is 2. The maximum atomic E-state index is 14.2. The highest BCUT2D eigenvalue weighted by Gasteiger charge is 2.45. The summed E-state index contributed by atoms with van der Waals surface area (Å²) in [6.45, 7) is 11.4. The highest BCUT2D eigenvalue weighted by atomic mass is 127. The van der Waals surface area contributed by atoms with Gasteiger partial charge in [-0.3, -0.25) is 4.99 Å². The van der Waals surface area contributed by atoms with Crippen LogP contribution in [0.4, 0.5) is 4.39 Å². The zero-order chi connectivity index (χ0) is 19.3. The van der Waals surface area contributed by atoms with Crippen molar-refractivity contribution in [2.75, 3.05) is 32.7 Å². The van der Waals surface area contributed by atoms with E-state index in [0.717, 1.165) is 44.0 Å². The van der Waals surface area contributed by atoms with Crippen LogP contribution in [0.3, 0.4) is 0 Å². The molecular formula is C22H36FIN4. The van der Waals surface area contributed by atoms with E-state index in [1.807, 2.05) is 12.1 Å². The molecule has 1 heterocycles. The molecule has 0 bridgehead atoms. The van der Waals surface area contributed by atoms with Crippen molar-refractivity contribution in [1.29, 1.82) is 0 Å². The predicted octanol–water partition coefficient (Wildman–Crippen LogP) is 4.15. The van der Waals surface area contributed by atoms with E-state index in [0.29, 0.717) is 18.5 Å². The molecule has 1 aromatic rings. The zero-order valence-electron chi connectivity index (χ0n) is 17.5. The first-order valence-electron chi connectivity index (χ1n) is 10.6. The summed E-state index contributed by atoms with van der Waals surface area (Å²) in [4.78, 5) is 7.38. The lowest BCUT2D eigenvalue weighted by Gasteiger charge is -2.35. The second-order valence-electron chi connectivity index (χ2n) is 8.43. The Bertz CT molecular complexity index is 645. The SMILES string of the molecule is CCNC(=NCC1(c2ccccc2F)CC1)NCC1CCCN(C(C)C)C1.I.